The molecular weight excluding hydrogens is 383 g/mol. The molecule has 0 saturated heterocycles. The Kier molecular flexibility index (Phi) is 6.33. The summed E-state index contributed by atoms with van der Waals surface area (Å²) < 4.78 is 38.2. The molecule has 0 aromatic heterocycles. The molecule has 0 aliphatic rings. The summed E-state index contributed by atoms with van der Waals surface area (Å²) in [5.41, 5.74) is 0.160. The number of anilines is 2. The number of rotatable bonds is 6. The third-order valence-corrected chi connectivity index (χ3v) is 5.32. The highest BCUT2D eigenvalue weighted by Gasteiger charge is 2.17. The first-order valence-electron chi connectivity index (χ1n) is 7.53. The number of carbonyl (C=O) groups is 2. The molecule has 2 aromatic rings. The highest BCUT2D eigenvalue weighted by atomic mass is 35.5. The Morgan fingerprint density at radius 3 is 2.35 bits per heavy atom. The van der Waals surface area contributed by atoms with Crippen LogP contribution in [0.15, 0.2) is 47.4 Å². The standard InChI is InChI=1S/C17H16ClFN2O4S/c1-11(22)20-13-4-7-15(19)16(10-13)21-17(23)8-9-26(24,25)14-5-2-12(18)3-6-14/h2-7,10H,8-9H2,1H3,(H,20,22)(H,21,23). The predicted octanol–water partition coefficient (Wildman–Crippen LogP) is 3.24. The zero-order valence-corrected chi connectivity index (χ0v) is 15.3. The van der Waals surface area contributed by atoms with Gasteiger partial charge in [-0.25, -0.2) is 12.8 Å². The van der Waals surface area contributed by atoms with E-state index in [1.807, 2.05) is 0 Å². The number of hydrogen-bond donors (Lipinski definition) is 2. The van der Waals surface area contributed by atoms with Gasteiger partial charge in [-0.05, 0) is 42.5 Å². The quantitative estimate of drug-likeness (QED) is 0.781. The molecule has 0 heterocycles. The molecule has 0 fully saturated rings. The van der Waals surface area contributed by atoms with Gasteiger partial charge < -0.3 is 10.6 Å². The normalized spacial score (nSPS) is 11.0. The maximum atomic E-state index is 13.8. The molecule has 0 aliphatic carbocycles. The highest BCUT2D eigenvalue weighted by Crippen LogP contribution is 2.20. The van der Waals surface area contributed by atoms with Crippen molar-refractivity contribution in [2.24, 2.45) is 0 Å². The van der Waals surface area contributed by atoms with Crippen molar-refractivity contribution in [3.63, 3.8) is 0 Å². The van der Waals surface area contributed by atoms with Gasteiger partial charge in [-0.2, -0.15) is 0 Å². The van der Waals surface area contributed by atoms with E-state index in [9.17, 15) is 22.4 Å². The minimum Gasteiger partial charge on any atom is -0.326 e. The molecule has 0 radical (unpaired) electrons. The van der Waals surface area contributed by atoms with Gasteiger partial charge in [-0.1, -0.05) is 11.6 Å². The van der Waals surface area contributed by atoms with Crippen molar-refractivity contribution in [1.82, 2.24) is 0 Å². The van der Waals surface area contributed by atoms with E-state index in [2.05, 4.69) is 10.6 Å². The zero-order chi connectivity index (χ0) is 19.3. The Hall–Kier alpha value is -2.45. The van der Waals surface area contributed by atoms with E-state index < -0.39 is 27.3 Å². The van der Waals surface area contributed by atoms with Crippen molar-refractivity contribution in [2.45, 2.75) is 18.2 Å². The summed E-state index contributed by atoms with van der Waals surface area (Å²) in [6, 6.07) is 9.28. The van der Waals surface area contributed by atoms with E-state index in [4.69, 9.17) is 11.6 Å². The Morgan fingerprint density at radius 2 is 1.73 bits per heavy atom. The highest BCUT2D eigenvalue weighted by molar-refractivity contribution is 7.91. The summed E-state index contributed by atoms with van der Waals surface area (Å²) in [5, 5.41) is 5.17. The maximum Gasteiger partial charge on any atom is 0.225 e. The van der Waals surface area contributed by atoms with Gasteiger partial charge in [0.1, 0.15) is 5.82 Å². The zero-order valence-electron chi connectivity index (χ0n) is 13.8. The monoisotopic (exact) mass is 398 g/mol. The van der Waals surface area contributed by atoms with Gasteiger partial charge >= 0.3 is 0 Å². The first kappa shape index (κ1) is 19.9. The Balaban J connectivity index is 2.02. The van der Waals surface area contributed by atoms with E-state index in [0.29, 0.717) is 10.7 Å². The molecule has 9 heteroatoms. The molecule has 0 atom stereocenters. The van der Waals surface area contributed by atoms with Crippen LogP contribution < -0.4 is 10.6 Å². The molecule has 2 aromatic carbocycles. The average molecular weight is 399 g/mol. The summed E-state index contributed by atoms with van der Waals surface area (Å²) in [7, 11) is -3.67. The Morgan fingerprint density at radius 1 is 1.08 bits per heavy atom. The van der Waals surface area contributed by atoms with Gasteiger partial charge in [0.15, 0.2) is 9.84 Å². The number of hydrogen-bond acceptors (Lipinski definition) is 4. The summed E-state index contributed by atoms with van der Waals surface area (Å²) in [6.07, 6.45) is -0.352. The molecule has 0 aliphatic heterocycles. The SMILES string of the molecule is CC(=O)Nc1ccc(F)c(NC(=O)CCS(=O)(=O)c2ccc(Cl)cc2)c1. The Bertz CT molecular complexity index is 930. The molecule has 0 unspecified atom stereocenters. The summed E-state index contributed by atoms with van der Waals surface area (Å²) in [5.74, 6) is -2.15. The minimum absolute atomic E-state index is 0.0496. The number of benzene rings is 2. The molecule has 0 spiro atoms. The fraction of sp³-hybridized carbons (Fsp3) is 0.176. The summed E-state index contributed by atoms with van der Waals surface area (Å²) in [4.78, 5) is 23.1. The van der Waals surface area contributed by atoms with E-state index in [-0.39, 0.29) is 22.9 Å². The number of nitrogens with one attached hydrogen (secondary N) is 2. The van der Waals surface area contributed by atoms with Gasteiger partial charge in [-0.3, -0.25) is 9.59 Å². The lowest BCUT2D eigenvalue weighted by atomic mass is 10.2. The second-order valence-electron chi connectivity index (χ2n) is 5.45. The fourth-order valence-electron chi connectivity index (χ4n) is 2.10. The second kappa shape index (κ2) is 8.29. The average Bonchev–Trinajstić information content (AvgIpc) is 2.56. The number of amides is 2. The molecule has 138 valence electrons. The minimum atomic E-state index is -3.67. The van der Waals surface area contributed by atoms with Crippen molar-refractivity contribution in [3.05, 3.63) is 53.3 Å². The summed E-state index contributed by atoms with van der Waals surface area (Å²) in [6.45, 7) is 1.29. The van der Waals surface area contributed by atoms with Crippen LogP contribution in [0.4, 0.5) is 15.8 Å². The van der Waals surface area contributed by atoms with Crippen LogP contribution in [0.2, 0.25) is 5.02 Å². The first-order chi connectivity index (χ1) is 12.2. The number of sulfone groups is 1. The molecule has 2 amide bonds. The van der Waals surface area contributed by atoms with Crippen LogP contribution in [-0.4, -0.2) is 26.0 Å². The van der Waals surface area contributed by atoms with Crippen molar-refractivity contribution in [2.75, 3.05) is 16.4 Å². The lowest BCUT2D eigenvalue weighted by Gasteiger charge is -2.09. The van der Waals surface area contributed by atoms with Crippen LogP contribution in [0.1, 0.15) is 13.3 Å². The maximum absolute atomic E-state index is 13.8. The third-order valence-electron chi connectivity index (χ3n) is 3.33. The van der Waals surface area contributed by atoms with Crippen molar-refractivity contribution >= 4 is 44.6 Å². The topological polar surface area (TPSA) is 92.3 Å². The summed E-state index contributed by atoms with van der Waals surface area (Å²) >= 11 is 5.72. The van der Waals surface area contributed by atoms with Crippen LogP contribution in [0, 0.1) is 5.82 Å². The van der Waals surface area contributed by atoms with Crippen molar-refractivity contribution < 1.29 is 22.4 Å². The van der Waals surface area contributed by atoms with Gasteiger partial charge in [0.2, 0.25) is 11.8 Å². The number of carbonyl (C=O) groups excluding carboxylic acids is 2. The van der Waals surface area contributed by atoms with E-state index >= 15 is 0 Å². The lowest BCUT2D eigenvalue weighted by Crippen LogP contribution is -2.18. The fourth-order valence-corrected chi connectivity index (χ4v) is 3.47. The van der Waals surface area contributed by atoms with Crippen molar-refractivity contribution in [3.8, 4) is 0 Å². The van der Waals surface area contributed by atoms with Crippen LogP contribution in [0.5, 0.6) is 0 Å². The largest absolute Gasteiger partial charge is 0.326 e. The Labute approximate surface area is 155 Å². The molecule has 2 N–H and O–H groups in total. The van der Waals surface area contributed by atoms with Crippen LogP contribution in [0.3, 0.4) is 0 Å². The van der Waals surface area contributed by atoms with Crippen LogP contribution >= 0.6 is 11.6 Å². The molecule has 0 saturated carbocycles. The molecular formula is C17H16ClFN2O4S. The number of halogens is 2. The second-order valence-corrected chi connectivity index (χ2v) is 7.99. The molecule has 26 heavy (non-hydrogen) atoms. The molecule has 2 rings (SSSR count). The van der Waals surface area contributed by atoms with Gasteiger partial charge in [0.25, 0.3) is 0 Å². The smallest absolute Gasteiger partial charge is 0.225 e. The third kappa shape index (κ3) is 5.53. The van der Waals surface area contributed by atoms with Crippen molar-refractivity contribution in [1.29, 1.82) is 0 Å². The van der Waals surface area contributed by atoms with E-state index in [1.54, 1.807) is 0 Å². The molecule has 6 nitrogen and oxygen atoms in total. The van der Waals surface area contributed by atoms with Gasteiger partial charge in [-0.15, -0.1) is 0 Å². The lowest BCUT2D eigenvalue weighted by molar-refractivity contribution is -0.116. The predicted molar refractivity (Wildman–Crippen MR) is 97.5 cm³/mol. The first-order valence-corrected chi connectivity index (χ1v) is 9.56. The van der Waals surface area contributed by atoms with Crippen LogP contribution in [-0.2, 0) is 19.4 Å². The van der Waals surface area contributed by atoms with Gasteiger partial charge in [0.05, 0.1) is 16.3 Å². The van der Waals surface area contributed by atoms with Crippen LogP contribution in [0.25, 0.3) is 0 Å². The van der Waals surface area contributed by atoms with Gasteiger partial charge in [0, 0.05) is 24.1 Å². The van der Waals surface area contributed by atoms with E-state index in [0.717, 1.165) is 6.07 Å². The van der Waals surface area contributed by atoms with E-state index in [1.165, 1.54) is 43.3 Å². The molecule has 0 bridgehead atoms.